The summed E-state index contributed by atoms with van der Waals surface area (Å²) in [5, 5.41) is 3.88. The highest BCUT2D eigenvalue weighted by molar-refractivity contribution is 5.33. The zero-order valence-corrected chi connectivity index (χ0v) is 13.5. The molecule has 2 fully saturated rings. The highest BCUT2D eigenvalue weighted by atomic mass is 16.5. The molecule has 0 aliphatic heterocycles. The summed E-state index contributed by atoms with van der Waals surface area (Å²) >= 11 is 0. The average Bonchev–Trinajstić information content (AvgIpc) is 3.32. The van der Waals surface area contributed by atoms with Crippen LogP contribution in [0, 0.1) is 11.8 Å². The van der Waals surface area contributed by atoms with Crippen LogP contribution < -0.4 is 10.1 Å². The molecule has 1 aromatic rings. The summed E-state index contributed by atoms with van der Waals surface area (Å²) in [5.41, 5.74) is 1.31. The van der Waals surface area contributed by atoms with Gasteiger partial charge in [0, 0.05) is 12.1 Å². The van der Waals surface area contributed by atoms with Gasteiger partial charge in [-0.25, -0.2) is 0 Å². The third-order valence-electron chi connectivity index (χ3n) is 5.24. The van der Waals surface area contributed by atoms with Gasteiger partial charge in [-0.05, 0) is 62.5 Å². The standard InChI is InChI=1S/C19H29NO/c1-14(12-17-6-3-4-9-19(17)21-2)20-18-8-5-7-16(13-18)15-10-11-15/h3-4,6,9,14-16,18,20H,5,7-8,10-13H2,1-2H3. The van der Waals surface area contributed by atoms with E-state index in [-0.39, 0.29) is 0 Å². The molecular formula is C19H29NO. The zero-order chi connectivity index (χ0) is 14.7. The number of methoxy groups -OCH3 is 1. The van der Waals surface area contributed by atoms with Gasteiger partial charge in [0.25, 0.3) is 0 Å². The van der Waals surface area contributed by atoms with Gasteiger partial charge in [-0.1, -0.05) is 31.0 Å². The third kappa shape index (κ3) is 4.00. The van der Waals surface area contributed by atoms with Crippen LogP contribution in [0.25, 0.3) is 0 Å². The molecule has 1 N–H and O–H groups in total. The van der Waals surface area contributed by atoms with Gasteiger partial charge in [-0.3, -0.25) is 0 Å². The van der Waals surface area contributed by atoms with E-state index in [1.54, 1.807) is 7.11 Å². The fourth-order valence-corrected chi connectivity index (χ4v) is 4.04. The van der Waals surface area contributed by atoms with Gasteiger partial charge >= 0.3 is 0 Å². The fraction of sp³-hybridized carbons (Fsp3) is 0.684. The average molecular weight is 287 g/mol. The number of para-hydroxylation sites is 1. The number of rotatable bonds is 6. The normalized spacial score (nSPS) is 27.3. The Labute approximate surface area is 129 Å². The van der Waals surface area contributed by atoms with Gasteiger partial charge in [-0.15, -0.1) is 0 Å². The predicted octanol–water partition coefficient (Wildman–Crippen LogP) is 4.18. The van der Waals surface area contributed by atoms with E-state index in [9.17, 15) is 0 Å². The maximum Gasteiger partial charge on any atom is 0.122 e. The van der Waals surface area contributed by atoms with Gasteiger partial charge < -0.3 is 10.1 Å². The number of hydrogen-bond donors (Lipinski definition) is 1. The van der Waals surface area contributed by atoms with Crippen LogP contribution in [-0.4, -0.2) is 19.2 Å². The minimum atomic E-state index is 0.518. The highest BCUT2D eigenvalue weighted by Gasteiger charge is 2.34. The predicted molar refractivity (Wildman–Crippen MR) is 87.8 cm³/mol. The molecule has 2 heteroatoms. The van der Waals surface area contributed by atoms with Gasteiger partial charge in [-0.2, -0.15) is 0 Å². The molecule has 21 heavy (non-hydrogen) atoms. The Morgan fingerprint density at radius 2 is 1.95 bits per heavy atom. The Morgan fingerprint density at radius 1 is 1.14 bits per heavy atom. The molecule has 0 heterocycles. The van der Waals surface area contributed by atoms with Crippen molar-refractivity contribution in [3.8, 4) is 5.75 Å². The number of benzene rings is 1. The molecule has 0 amide bonds. The maximum absolute atomic E-state index is 5.47. The van der Waals surface area contributed by atoms with Crippen LogP contribution in [0.15, 0.2) is 24.3 Å². The quantitative estimate of drug-likeness (QED) is 0.847. The molecule has 0 spiro atoms. The first-order valence-corrected chi connectivity index (χ1v) is 8.64. The SMILES string of the molecule is COc1ccccc1CC(C)NC1CCCC(C2CC2)C1. The van der Waals surface area contributed by atoms with Crippen molar-refractivity contribution >= 4 is 0 Å². The molecule has 0 aromatic heterocycles. The Balaban J connectivity index is 1.52. The molecule has 0 bridgehead atoms. The first-order valence-electron chi connectivity index (χ1n) is 8.64. The zero-order valence-electron chi connectivity index (χ0n) is 13.5. The van der Waals surface area contributed by atoms with Crippen molar-refractivity contribution in [3.05, 3.63) is 29.8 Å². The van der Waals surface area contributed by atoms with E-state index in [1.807, 2.05) is 6.07 Å². The van der Waals surface area contributed by atoms with Crippen molar-refractivity contribution in [2.75, 3.05) is 7.11 Å². The Bertz CT molecular complexity index is 455. The topological polar surface area (TPSA) is 21.3 Å². The van der Waals surface area contributed by atoms with E-state index in [0.717, 1.165) is 30.0 Å². The lowest BCUT2D eigenvalue weighted by molar-refractivity contribution is 0.248. The molecule has 2 aliphatic carbocycles. The summed E-state index contributed by atoms with van der Waals surface area (Å²) in [7, 11) is 1.76. The number of hydrogen-bond acceptors (Lipinski definition) is 2. The summed E-state index contributed by atoms with van der Waals surface area (Å²) in [4.78, 5) is 0. The summed E-state index contributed by atoms with van der Waals surface area (Å²) in [6, 6.07) is 9.64. The van der Waals surface area contributed by atoms with Crippen molar-refractivity contribution in [2.45, 2.75) is 64.0 Å². The second kappa shape index (κ2) is 6.83. The maximum atomic E-state index is 5.47. The molecule has 2 aliphatic rings. The second-order valence-electron chi connectivity index (χ2n) is 7.04. The minimum Gasteiger partial charge on any atom is -0.496 e. The van der Waals surface area contributed by atoms with Crippen LogP contribution in [0.1, 0.15) is 51.0 Å². The van der Waals surface area contributed by atoms with E-state index in [4.69, 9.17) is 4.74 Å². The van der Waals surface area contributed by atoms with E-state index in [2.05, 4.69) is 30.4 Å². The van der Waals surface area contributed by atoms with E-state index >= 15 is 0 Å². The van der Waals surface area contributed by atoms with E-state index < -0.39 is 0 Å². The molecule has 2 nitrogen and oxygen atoms in total. The van der Waals surface area contributed by atoms with Crippen LogP contribution in [0.2, 0.25) is 0 Å². The third-order valence-corrected chi connectivity index (χ3v) is 5.24. The first-order chi connectivity index (χ1) is 10.3. The van der Waals surface area contributed by atoms with Crippen LogP contribution in [0.3, 0.4) is 0 Å². The minimum absolute atomic E-state index is 0.518. The number of nitrogens with one attached hydrogen (secondary N) is 1. The molecule has 2 saturated carbocycles. The Hall–Kier alpha value is -1.02. The van der Waals surface area contributed by atoms with Crippen LogP contribution >= 0.6 is 0 Å². The molecule has 3 atom stereocenters. The summed E-state index contributed by atoms with van der Waals surface area (Å²) in [6.45, 7) is 2.31. The molecule has 3 rings (SSSR count). The summed E-state index contributed by atoms with van der Waals surface area (Å²) < 4.78 is 5.47. The molecular weight excluding hydrogens is 258 g/mol. The van der Waals surface area contributed by atoms with Crippen molar-refractivity contribution in [3.63, 3.8) is 0 Å². The van der Waals surface area contributed by atoms with Gasteiger partial charge in [0.15, 0.2) is 0 Å². The van der Waals surface area contributed by atoms with Gasteiger partial charge in [0.05, 0.1) is 7.11 Å². The van der Waals surface area contributed by atoms with E-state index in [0.29, 0.717) is 6.04 Å². The molecule has 3 unspecified atom stereocenters. The second-order valence-corrected chi connectivity index (χ2v) is 7.04. The highest BCUT2D eigenvalue weighted by Crippen LogP contribution is 2.43. The largest absolute Gasteiger partial charge is 0.496 e. The van der Waals surface area contributed by atoms with Crippen LogP contribution in [0.4, 0.5) is 0 Å². The smallest absolute Gasteiger partial charge is 0.122 e. The number of ether oxygens (including phenoxy) is 1. The first kappa shape index (κ1) is 14.9. The van der Waals surface area contributed by atoms with Crippen molar-refractivity contribution in [2.24, 2.45) is 11.8 Å². The molecule has 116 valence electrons. The molecule has 1 aromatic carbocycles. The van der Waals surface area contributed by atoms with Gasteiger partial charge in [0.2, 0.25) is 0 Å². The van der Waals surface area contributed by atoms with Crippen molar-refractivity contribution in [1.29, 1.82) is 0 Å². The Kier molecular flexibility index (Phi) is 4.84. The monoisotopic (exact) mass is 287 g/mol. The lowest BCUT2D eigenvalue weighted by Gasteiger charge is -2.32. The van der Waals surface area contributed by atoms with Crippen LogP contribution in [0.5, 0.6) is 5.75 Å². The Morgan fingerprint density at radius 3 is 2.71 bits per heavy atom. The summed E-state index contributed by atoms with van der Waals surface area (Å²) in [5.74, 6) is 3.10. The summed E-state index contributed by atoms with van der Waals surface area (Å²) in [6.07, 6.45) is 9.70. The fourth-order valence-electron chi connectivity index (χ4n) is 4.04. The lowest BCUT2D eigenvalue weighted by Crippen LogP contribution is -2.41. The van der Waals surface area contributed by atoms with E-state index in [1.165, 1.54) is 44.1 Å². The van der Waals surface area contributed by atoms with Crippen molar-refractivity contribution in [1.82, 2.24) is 5.32 Å². The molecule has 0 radical (unpaired) electrons. The van der Waals surface area contributed by atoms with Gasteiger partial charge in [0.1, 0.15) is 5.75 Å². The molecule has 0 saturated heterocycles. The lowest BCUT2D eigenvalue weighted by atomic mass is 9.82. The van der Waals surface area contributed by atoms with Crippen LogP contribution in [-0.2, 0) is 6.42 Å². The van der Waals surface area contributed by atoms with Crippen molar-refractivity contribution < 1.29 is 4.74 Å².